The van der Waals surface area contributed by atoms with E-state index in [1.54, 1.807) is 0 Å². The summed E-state index contributed by atoms with van der Waals surface area (Å²) in [5.74, 6) is 0.447. The second kappa shape index (κ2) is 6.76. The minimum absolute atomic E-state index is 0.0606. The van der Waals surface area contributed by atoms with E-state index in [-0.39, 0.29) is 5.69 Å². The van der Waals surface area contributed by atoms with Crippen LogP contribution in [0.5, 0.6) is 0 Å². The molecule has 0 radical (unpaired) electrons. The number of pyridine rings is 1. The molecule has 2 N–H and O–H groups in total. The lowest BCUT2D eigenvalue weighted by Crippen LogP contribution is -2.19. The number of thiocarbonyl (C=S) groups is 1. The molecule has 0 saturated carbocycles. The van der Waals surface area contributed by atoms with Crippen LogP contribution in [0.15, 0.2) is 42.6 Å². The molecule has 0 amide bonds. The number of benzene rings is 1. The molecule has 108 valence electrons. The maximum atomic E-state index is 10.5. The zero-order chi connectivity index (χ0) is 15.2. The maximum absolute atomic E-state index is 10.5. The number of hydrogen-bond donors (Lipinski definition) is 2. The van der Waals surface area contributed by atoms with Crippen molar-refractivity contribution in [2.24, 2.45) is 0 Å². The number of nitrogens with one attached hydrogen (secondary N) is 2. The molecular weight excluding hydrogens is 288 g/mol. The maximum Gasteiger partial charge on any atom is 0.287 e. The van der Waals surface area contributed by atoms with Gasteiger partial charge in [0.1, 0.15) is 12.0 Å². The Morgan fingerprint density at radius 3 is 2.48 bits per heavy atom. The van der Waals surface area contributed by atoms with Gasteiger partial charge in [0.05, 0.1) is 4.92 Å². The molecular formula is C14H14N4O2S. The lowest BCUT2D eigenvalue weighted by Gasteiger charge is -2.10. The highest BCUT2D eigenvalue weighted by Crippen LogP contribution is 2.13. The largest absolute Gasteiger partial charge is 0.332 e. The first-order chi connectivity index (χ1) is 10.1. The number of aryl methyl sites for hydroxylation is 1. The van der Waals surface area contributed by atoms with E-state index in [1.807, 2.05) is 24.3 Å². The lowest BCUT2D eigenvalue weighted by molar-refractivity contribution is -0.385. The highest BCUT2D eigenvalue weighted by Gasteiger charge is 2.06. The van der Waals surface area contributed by atoms with Gasteiger partial charge in [-0.2, -0.15) is 0 Å². The quantitative estimate of drug-likeness (QED) is 0.512. The van der Waals surface area contributed by atoms with Gasteiger partial charge in [0, 0.05) is 11.8 Å². The van der Waals surface area contributed by atoms with Gasteiger partial charge in [-0.05, 0) is 42.4 Å². The van der Waals surface area contributed by atoms with Gasteiger partial charge in [-0.3, -0.25) is 10.1 Å². The lowest BCUT2D eigenvalue weighted by atomic mass is 10.1. The van der Waals surface area contributed by atoms with Crippen LogP contribution in [0.3, 0.4) is 0 Å². The Morgan fingerprint density at radius 1 is 1.24 bits per heavy atom. The molecule has 6 nitrogen and oxygen atoms in total. The summed E-state index contributed by atoms with van der Waals surface area (Å²) >= 11 is 5.17. The molecule has 0 bridgehead atoms. The first-order valence-electron chi connectivity index (χ1n) is 6.36. The van der Waals surface area contributed by atoms with E-state index in [2.05, 4.69) is 22.5 Å². The number of rotatable bonds is 4. The molecule has 0 aliphatic carbocycles. The van der Waals surface area contributed by atoms with Gasteiger partial charge in [0.25, 0.3) is 5.69 Å². The minimum atomic E-state index is -0.497. The van der Waals surface area contributed by atoms with Crippen LogP contribution in [-0.2, 0) is 6.42 Å². The van der Waals surface area contributed by atoms with Crippen molar-refractivity contribution in [3.05, 3.63) is 58.3 Å². The van der Waals surface area contributed by atoms with E-state index < -0.39 is 4.92 Å². The van der Waals surface area contributed by atoms with Crippen LogP contribution < -0.4 is 10.6 Å². The van der Waals surface area contributed by atoms with Crippen LogP contribution in [0.4, 0.5) is 17.2 Å². The summed E-state index contributed by atoms with van der Waals surface area (Å²) in [6.07, 6.45) is 2.16. The van der Waals surface area contributed by atoms with Gasteiger partial charge < -0.3 is 10.6 Å². The van der Waals surface area contributed by atoms with Crippen LogP contribution in [0.25, 0.3) is 0 Å². The van der Waals surface area contributed by atoms with E-state index in [9.17, 15) is 10.1 Å². The zero-order valence-electron chi connectivity index (χ0n) is 11.4. The Bertz CT molecular complexity index is 641. The predicted molar refractivity (Wildman–Crippen MR) is 86.6 cm³/mol. The molecule has 21 heavy (non-hydrogen) atoms. The third-order valence-electron chi connectivity index (χ3n) is 2.82. The van der Waals surface area contributed by atoms with Crippen molar-refractivity contribution in [2.45, 2.75) is 13.3 Å². The van der Waals surface area contributed by atoms with Crippen LogP contribution in [0.2, 0.25) is 0 Å². The molecule has 0 fully saturated rings. The number of nitrogens with zero attached hydrogens (tertiary/aromatic N) is 2. The first-order valence-corrected chi connectivity index (χ1v) is 6.76. The van der Waals surface area contributed by atoms with E-state index in [1.165, 1.54) is 23.9 Å². The topological polar surface area (TPSA) is 80.1 Å². The van der Waals surface area contributed by atoms with Crippen molar-refractivity contribution in [3.63, 3.8) is 0 Å². The third kappa shape index (κ3) is 4.22. The van der Waals surface area contributed by atoms with Gasteiger partial charge >= 0.3 is 0 Å². The monoisotopic (exact) mass is 302 g/mol. The molecule has 0 aliphatic rings. The summed E-state index contributed by atoms with van der Waals surface area (Å²) in [5, 5.41) is 16.8. The van der Waals surface area contributed by atoms with Crippen LogP contribution in [0.1, 0.15) is 12.5 Å². The van der Waals surface area contributed by atoms with Gasteiger partial charge in [0.15, 0.2) is 5.11 Å². The Kier molecular flexibility index (Phi) is 4.78. The Labute approximate surface area is 127 Å². The molecule has 1 heterocycles. The van der Waals surface area contributed by atoms with Crippen LogP contribution in [-0.4, -0.2) is 15.0 Å². The number of hydrogen-bond acceptors (Lipinski definition) is 4. The van der Waals surface area contributed by atoms with Crippen LogP contribution >= 0.6 is 12.2 Å². The highest BCUT2D eigenvalue weighted by molar-refractivity contribution is 7.80. The Balaban J connectivity index is 1.95. The van der Waals surface area contributed by atoms with Crippen molar-refractivity contribution in [1.29, 1.82) is 0 Å². The molecule has 0 unspecified atom stereocenters. The van der Waals surface area contributed by atoms with Gasteiger partial charge in [-0.15, -0.1) is 0 Å². The van der Waals surface area contributed by atoms with Gasteiger partial charge in [-0.1, -0.05) is 19.1 Å². The molecule has 1 aromatic carbocycles. The van der Waals surface area contributed by atoms with E-state index in [0.717, 1.165) is 12.1 Å². The molecule has 0 saturated heterocycles. The average molecular weight is 302 g/mol. The van der Waals surface area contributed by atoms with E-state index in [0.29, 0.717) is 10.9 Å². The summed E-state index contributed by atoms with van der Waals surface area (Å²) in [7, 11) is 0. The SMILES string of the molecule is CCc1ccc(NC(=S)Nc2ccc([N+](=O)[O-])cn2)cc1. The minimum Gasteiger partial charge on any atom is -0.332 e. The molecule has 0 spiro atoms. The fourth-order valence-electron chi connectivity index (χ4n) is 1.67. The molecule has 0 atom stereocenters. The Hall–Kier alpha value is -2.54. The second-order valence-electron chi connectivity index (χ2n) is 4.29. The Morgan fingerprint density at radius 2 is 1.95 bits per heavy atom. The average Bonchev–Trinajstić information content (AvgIpc) is 2.48. The van der Waals surface area contributed by atoms with Gasteiger partial charge in [0.2, 0.25) is 0 Å². The zero-order valence-corrected chi connectivity index (χ0v) is 12.2. The van der Waals surface area contributed by atoms with Crippen molar-refractivity contribution in [1.82, 2.24) is 4.98 Å². The fraction of sp³-hybridized carbons (Fsp3) is 0.143. The smallest absolute Gasteiger partial charge is 0.287 e. The molecule has 0 aliphatic heterocycles. The number of anilines is 2. The van der Waals surface area contributed by atoms with E-state index in [4.69, 9.17) is 12.2 Å². The van der Waals surface area contributed by atoms with Crippen molar-refractivity contribution >= 4 is 34.5 Å². The molecule has 7 heteroatoms. The van der Waals surface area contributed by atoms with Crippen molar-refractivity contribution in [3.8, 4) is 0 Å². The second-order valence-corrected chi connectivity index (χ2v) is 4.70. The fourth-order valence-corrected chi connectivity index (χ4v) is 1.89. The number of aromatic nitrogens is 1. The third-order valence-corrected chi connectivity index (χ3v) is 3.02. The van der Waals surface area contributed by atoms with Crippen molar-refractivity contribution < 1.29 is 4.92 Å². The molecule has 2 aromatic rings. The van der Waals surface area contributed by atoms with Crippen molar-refractivity contribution in [2.75, 3.05) is 10.6 Å². The molecule has 1 aromatic heterocycles. The van der Waals surface area contributed by atoms with E-state index >= 15 is 0 Å². The summed E-state index contributed by atoms with van der Waals surface area (Å²) in [6, 6.07) is 10.8. The summed E-state index contributed by atoms with van der Waals surface area (Å²) in [5.41, 5.74) is 2.05. The molecule has 2 rings (SSSR count). The predicted octanol–water partition coefficient (Wildman–Crippen LogP) is 3.36. The summed E-state index contributed by atoms with van der Waals surface area (Å²) < 4.78 is 0. The summed E-state index contributed by atoms with van der Waals surface area (Å²) in [6.45, 7) is 2.09. The number of nitro groups is 1. The standard InChI is InChI=1S/C14H14N4O2S/c1-2-10-3-5-11(6-4-10)16-14(21)17-13-8-7-12(9-15-13)18(19)20/h3-9H,2H2,1H3,(H2,15,16,17,21). The van der Waals surface area contributed by atoms with Gasteiger partial charge in [-0.25, -0.2) is 4.98 Å². The normalized spacial score (nSPS) is 9.95. The van der Waals surface area contributed by atoms with Crippen LogP contribution in [0, 0.1) is 10.1 Å². The summed E-state index contributed by atoms with van der Waals surface area (Å²) in [4.78, 5) is 14.0. The highest BCUT2D eigenvalue weighted by atomic mass is 32.1. The first kappa shape index (κ1) is 14.9.